The van der Waals surface area contributed by atoms with Crippen LogP contribution < -0.4 is 10.1 Å². The third kappa shape index (κ3) is 4.53. The van der Waals surface area contributed by atoms with Crippen LogP contribution in [0.1, 0.15) is 34.3 Å². The minimum absolute atomic E-state index is 0.139. The van der Waals surface area contributed by atoms with Crippen molar-refractivity contribution in [2.75, 3.05) is 26.2 Å². The Labute approximate surface area is 169 Å². The summed E-state index contributed by atoms with van der Waals surface area (Å²) in [7, 11) is 0. The van der Waals surface area contributed by atoms with Gasteiger partial charge in [0.25, 0.3) is 5.91 Å². The fourth-order valence-electron chi connectivity index (χ4n) is 3.86. The molecule has 5 heteroatoms. The summed E-state index contributed by atoms with van der Waals surface area (Å²) in [4.78, 5) is 14.8. The van der Waals surface area contributed by atoms with Crippen molar-refractivity contribution in [3.8, 4) is 5.75 Å². The molecular weight excluding hydrogens is 404 g/mol. The van der Waals surface area contributed by atoms with Gasteiger partial charge < -0.3 is 15.0 Å². The van der Waals surface area contributed by atoms with Crippen molar-refractivity contribution in [2.24, 2.45) is 0 Å². The van der Waals surface area contributed by atoms with Crippen LogP contribution in [0, 0.1) is 0 Å². The minimum Gasteiger partial charge on any atom is -0.490 e. The van der Waals surface area contributed by atoms with Crippen molar-refractivity contribution in [1.82, 2.24) is 10.2 Å². The Bertz CT molecular complexity index is 818. The first-order valence-electron chi connectivity index (χ1n) is 9.73. The molecular formula is C22H25BrN2O2. The molecule has 4 rings (SSSR count). The van der Waals surface area contributed by atoms with E-state index in [-0.39, 0.29) is 12.0 Å². The number of hydrogen-bond donors (Lipinski definition) is 1. The lowest BCUT2D eigenvalue weighted by molar-refractivity contribution is 0.0741. The predicted molar refractivity (Wildman–Crippen MR) is 110 cm³/mol. The highest BCUT2D eigenvalue weighted by molar-refractivity contribution is 9.10. The number of benzene rings is 2. The highest BCUT2D eigenvalue weighted by Gasteiger charge is 2.25. The number of nitrogens with zero attached hydrogens (tertiary/aromatic N) is 1. The van der Waals surface area contributed by atoms with Crippen molar-refractivity contribution in [1.29, 1.82) is 0 Å². The zero-order valence-corrected chi connectivity index (χ0v) is 17.0. The number of hydrogen-bond acceptors (Lipinski definition) is 3. The van der Waals surface area contributed by atoms with Crippen LogP contribution in [0.2, 0.25) is 0 Å². The van der Waals surface area contributed by atoms with Crippen LogP contribution in [-0.2, 0) is 12.8 Å². The molecule has 0 atom stereocenters. The molecule has 1 fully saturated rings. The third-order valence-corrected chi connectivity index (χ3v) is 5.89. The molecule has 0 bridgehead atoms. The maximum absolute atomic E-state index is 12.9. The molecule has 1 saturated heterocycles. The van der Waals surface area contributed by atoms with Gasteiger partial charge in [-0.3, -0.25) is 4.79 Å². The van der Waals surface area contributed by atoms with Crippen molar-refractivity contribution in [3.05, 3.63) is 63.6 Å². The van der Waals surface area contributed by atoms with Crippen LogP contribution in [0.15, 0.2) is 46.9 Å². The SMILES string of the molecule is O=C1c2ccc(OC3CCNCC3)cc2CCN1CCc1cccc(Br)c1. The Kier molecular flexibility index (Phi) is 5.79. The molecule has 2 aliphatic rings. The van der Waals surface area contributed by atoms with Crippen molar-refractivity contribution in [2.45, 2.75) is 31.8 Å². The van der Waals surface area contributed by atoms with E-state index in [9.17, 15) is 4.79 Å². The first-order chi connectivity index (χ1) is 13.2. The Morgan fingerprint density at radius 1 is 1.15 bits per heavy atom. The highest BCUT2D eigenvalue weighted by atomic mass is 79.9. The van der Waals surface area contributed by atoms with Crippen molar-refractivity contribution in [3.63, 3.8) is 0 Å². The maximum Gasteiger partial charge on any atom is 0.254 e. The van der Waals surface area contributed by atoms with E-state index >= 15 is 0 Å². The molecule has 142 valence electrons. The standard InChI is InChI=1S/C22H25BrN2O2/c23-18-3-1-2-16(14-18)8-12-25-13-9-17-15-20(4-5-21(17)22(25)26)27-19-6-10-24-11-7-19/h1-5,14-15,19,24H,6-13H2. The second kappa shape index (κ2) is 8.44. The fraction of sp³-hybridized carbons (Fsp3) is 0.409. The molecule has 0 unspecified atom stereocenters. The molecule has 0 spiro atoms. The predicted octanol–water partition coefficient (Wildman–Crippen LogP) is 3.82. The highest BCUT2D eigenvalue weighted by Crippen LogP contribution is 2.26. The van der Waals surface area contributed by atoms with E-state index in [1.54, 1.807) is 0 Å². The molecule has 2 heterocycles. The summed E-state index contributed by atoms with van der Waals surface area (Å²) in [5.74, 6) is 1.04. The summed E-state index contributed by atoms with van der Waals surface area (Å²) >= 11 is 3.51. The molecule has 0 saturated carbocycles. The summed E-state index contributed by atoms with van der Waals surface area (Å²) in [6.07, 6.45) is 4.13. The van der Waals surface area contributed by atoms with Crippen LogP contribution in [0.5, 0.6) is 5.75 Å². The molecule has 2 aromatic rings. The van der Waals surface area contributed by atoms with Gasteiger partial charge in [-0.05, 0) is 80.2 Å². The van der Waals surface area contributed by atoms with Gasteiger partial charge in [-0.25, -0.2) is 0 Å². The van der Waals surface area contributed by atoms with Gasteiger partial charge in [0, 0.05) is 23.1 Å². The number of rotatable bonds is 5. The second-order valence-corrected chi connectivity index (χ2v) is 8.22. The number of halogens is 1. The van der Waals surface area contributed by atoms with E-state index in [1.807, 2.05) is 29.2 Å². The van der Waals surface area contributed by atoms with E-state index in [1.165, 1.54) is 5.56 Å². The second-order valence-electron chi connectivity index (χ2n) is 7.31. The van der Waals surface area contributed by atoms with Crippen molar-refractivity contribution >= 4 is 21.8 Å². The molecule has 1 N–H and O–H groups in total. The van der Waals surface area contributed by atoms with Gasteiger partial charge in [0.1, 0.15) is 11.9 Å². The Hall–Kier alpha value is -1.85. The van der Waals surface area contributed by atoms with Gasteiger partial charge in [0.05, 0.1) is 0 Å². The number of piperidine rings is 1. The molecule has 2 aliphatic heterocycles. The summed E-state index contributed by atoms with van der Waals surface area (Å²) < 4.78 is 7.21. The average molecular weight is 429 g/mol. The summed E-state index contributed by atoms with van der Waals surface area (Å²) in [6.45, 7) is 3.56. The molecule has 4 nitrogen and oxygen atoms in total. The lowest BCUT2D eigenvalue weighted by Gasteiger charge is -2.29. The maximum atomic E-state index is 12.9. The lowest BCUT2D eigenvalue weighted by Crippen LogP contribution is -2.39. The van der Waals surface area contributed by atoms with Crippen LogP contribution in [-0.4, -0.2) is 43.1 Å². The van der Waals surface area contributed by atoms with Crippen LogP contribution >= 0.6 is 15.9 Å². The Balaban J connectivity index is 1.39. The number of carbonyl (C=O) groups excluding carboxylic acids is 1. The van der Waals surface area contributed by atoms with Crippen LogP contribution in [0.4, 0.5) is 0 Å². The topological polar surface area (TPSA) is 41.6 Å². The van der Waals surface area contributed by atoms with Crippen molar-refractivity contribution < 1.29 is 9.53 Å². The average Bonchev–Trinajstić information content (AvgIpc) is 2.68. The monoisotopic (exact) mass is 428 g/mol. The number of fused-ring (bicyclic) bond motifs is 1. The molecule has 1 amide bonds. The van der Waals surface area contributed by atoms with Gasteiger partial charge in [-0.15, -0.1) is 0 Å². The first-order valence-corrected chi connectivity index (χ1v) is 10.5. The first kappa shape index (κ1) is 18.5. The van der Waals surface area contributed by atoms with E-state index in [2.05, 4.69) is 39.4 Å². The normalized spacial score (nSPS) is 17.7. The number of nitrogens with one attached hydrogen (secondary N) is 1. The van der Waals surface area contributed by atoms with E-state index in [4.69, 9.17) is 4.74 Å². The molecule has 0 aliphatic carbocycles. The number of carbonyl (C=O) groups is 1. The molecule has 2 aromatic carbocycles. The molecule has 0 aromatic heterocycles. The summed E-state index contributed by atoms with van der Waals surface area (Å²) in [5.41, 5.74) is 3.19. The number of amides is 1. The van der Waals surface area contributed by atoms with E-state index in [0.717, 1.165) is 73.2 Å². The molecule has 27 heavy (non-hydrogen) atoms. The zero-order chi connectivity index (χ0) is 18.6. The van der Waals surface area contributed by atoms with Crippen LogP contribution in [0.3, 0.4) is 0 Å². The Morgan fingerprint density at radius 2 is 2.00 bits per heavy atom. The molecule has 0 radical (unpaired) electrons. The zero-order valence-electron chi connectivity index (χ0n) is 15.4. The Morgan fingerprint density at radius 3 is 2.81 bits per heavy atom. The third-order valence-electron chi connectivity index (χ3n) is 5.39. The summed E-state index contributed by atoms with van der Waals surface area (Å²) in [5, 5.41) is 3.36. The van der Waals surface area contributed by atoms with E-state index in [0.29, 0.717) is 0 Å². The minimum atomic E-state index is 0.139. The largest absolute Gasteiger partial charge is 0.490 e. The lowest BCUT2D eigenvalue weighted by atomic mass is 9.98. The van der Waals surface area contributed by atoms with Gasteiger partial charge in [-0.2, -0.15) is 0 Å². The fourth-order valence-corrected chi connectivity index (χ4v) is 4.31. The van der Waals surface area contributed by atoms with Crippen LogP contribution in [0.25, 0.3) is 0 Å². The number of ether oxygens (including phenoxy) is 1. The van der Waals surface area contributed by atoms with Gasteiger partial charge in [0.15, 0.2) is 0 Å². The van der Waals surface area contributed by atoms with E-state index < -0.39 is 0 Å². The van der Waals surface area contributed by atoms with Gasteiger partial charge in [0.2, 0.25) is 0 Å². The smallest absolute Gasteiger partial charge is 0.254 e. The summed E-state index contributed by atoms with van der Waals surface area (Å²) in [6, 6.07) is 14.3. The van der Waals surface area contributed by atoms with Gasteiger partial charge >= 0.3 is 0 Å². The van der Waals surface area contributed by atoms with Gasteiger partial charge in [-0.1, -0.05) is 28.1 Å². The quantitative estimate of drug-likeness (QED) is 0.786.